The Balaban J connectivity index is 2.14. The van der Waals surface area contributed by atoms with E-state index < -0.39 is 0 Å². The van der Waals surface area contributed by atoms with E-state index in [4.69, 9.17) is 5.73 Å². The van der Waals surface area contributed by atoms with Crippen molar-refractivity contribution in [3.63, 3.8) is 0 Å². The first-order valence-corrected chi connectivity index (χ1v) is 4.48. The molecule has 1 aromatic carbocycles. The molecule has 2 aromatic rings. The van der Waals surface area contributed by atoms with E-state index in [1.807, 2.05) is 12.2 Å². The standard InChI is InChI=1S/C11H10FN3/c12-9-4-1-8(2-5-9)3-6-10-7-11(13)15-14-10/h1-7H,(H3,13,14,15)/b6-3+. The van der Waals surface area contributed by atoms with Crippen LogP contribution in [0.5, 0.6) is 0 Å². The van der Waals surface area contributed by atoms with Crippen molar-refractivity contribution in [2.45, 2.75) is 0 Å². The normalized spacial score (nSPS) is 11.0. The van der Waals surface area contributed by atoms with Crippen LogP contribution < -0.4 is 5.73 Å². The van der Waals surface area contributed by atoms with E-state index in [-0.39, 0.29) is 5.82 Å². The number of rotatable bonds is 2. The average molecular weight is 203 g/mol. The molecule has 4 heteroatoms. The van der Waals surface area contributed by atoms with Crippen LogP contribution in [0, 0.1) is 5.82 Å². The minimum Gasteiger partial charge on any atom is -0.382 e. The maximum Gasteiger partial charge on any atom is 0.145 e. The van der Waals surface area contributed by atoms with E-state index in [0.29, 0.717) is 5.82 Å². The summed E-state index contributed by atoms with van der Waals surface area (Å²) >= 11 is 0. The molecule has 0 amide bonds. The maximum absolute atomic E-state index is 12.6. The number of benzene rings is 1. The first kappa shape index (κ1) is 9.45. The summed E-state index contributed by atoms with van der Waals surface area (Å²) in [5.41, 5.74) is 7.18. The van der Waals surface area contributed by atoms with Crippen molar-refractivity contribution < 1.29 is 4.39 Å². The number of hydrogen-bond acceptors (Lipinski definition) is 2. The molecule has 0 atom stereocenters. The van der Waals surface area contributed by atoms with Gasteiger partial charge in [-0.2, -0.15) is 5.10 Å². The Bertz CT molecular complexity index is 471. The minimum absolute atomic E-state index is 0.238. The van der Waals surface area contributed by atoms with E-state index in [2.05, 4.69) is 10.2 Å². The fraction of sp³-hybridized carbons (Fsp3) is 0. The molecule has 1 heterocycles. The van der Waals surface area contributed by atoms with Gasteiger partial charge in [-0.25, -0.2) is 4.39 Å². The number of anilines is 1. The second kappa shape index (κ2) is 3.96. The molecular weight excluding hydrogens is 193 g/mol. The smallest absolute Gasteiger partial charge is 0.145 e. The molecule has 0 saturated carbocycles. The van der Waals surface area contributed by atoms with Crippen molar-refractivity contribution in [2.24, 2.45) is 0 Å². The van der Waals surface area contributed by atoms with Crippen LogP contribution in [0.4, 0.5) is 10.2 Å². The zero-order chi connectivity index (χ0) is 10.7. The topological polar surface area (TPSA) is 54.7 Å². The lowest BCUT2D eigenvalue weighted by atomic mass is 10.2. The van der Waals surface area contributed by atoms with Gasteiger partial charge in [0.25, 0.3) is 0 Å². The predicted molar refractivity (Wildman–Crippen MR) is 58.3 cm³/mol. The largest absolute Gasteiger partial charge is 0.382 e. The second-order valence-electron chi connectivity index (χ2n) is 3.13. The summed E-state index contributed by atoms with van der Waals surface area (Å²) in [7, 11) is 0. The van der Waals surface area contributed by atoms with Crippen molar-refractivity contribution in [2.75, 3.05) is 5.73 Å². The molecule has 76 valence electrons. The molecule has 0 radical (unpaired) electrons. The van der Waals surface area contributed by atoms with Crippen LogP contribution in [0.2, 0.25) is 0 Å². The summed E-state index contributed by atoms with van der Waals surface area (Å²) in [5, 5.41) is 6.54. The van der Waals surface area contributed by atoms with Crippen molar-refractivity contribution in [1.29, 1.82) is 0 Å². The predicted octanol–water partition coefficient (Wildman–Crippen LogP) is 2.30. The van der Waals surface area contributed by atoms with Gasteiger partial charge in [-0.15, -0.1) is 0 Å². The summed E-state index contributed by atoms with van der Waals surface area (Å²) in [6.07, 6.45) is 3.68. The van der Waals surface area contributed by atoms with E-state index >= 15 is 0 Å². The monoisotopic (exact) mass is 203 g/mol. The van der Waals surface area contributed by atoms with Crippen molar-refractivity contribution in [3.8, 4) is 0 Å². The van der Waals surface area contributed by atoms with Gasteiger partial charge in [-0.05, 0) is 23.8 Å². The molecule has 0 fully saturated rings. The molecule has 0 spiro atoms. The molecule has 2 rings (SSSR count). The fourth-order valence-electron chi connectivity index (χ4n) is 1.20. The number of halogens is 1. The van der Waals surface area contributed by atoms with Crippen molar-refractivity contribution in [1.82, 2.24) is 10.2 Å². The molecule has 0 bridgehead atoms. The van der Waals surface area contributed by atoms with Gasteiger partial charge in [0.2, 0.25) is 0 Å². The highest BCUT2D eigenvalue weighted by Crippen LogP contribution is 2.08. The van der Waals surface area contributed by atoms with Gasteiger partial charge in [-0.3, -0.25) is 5.10 Å². The van der Waals surface area contributed by atoms with Gasteiger partial charge < -0.3 is 5.73 Å². The lowest BCUT2D eigenvalue weighted by Gasteiger charge is -1.91. The van der Waals surface area contributed by atoms with Gasteiger partial charge in [0.15, 0.2) is 0 Å². The van der Waals surface area contributed by atoms with E-state index in [0.717, 1.165) is 11.3 Å². The molecule has 15 heavy (non-hydrogen) atoms. The summed E-state index contributed by atoms with van der Waals surface area (Å²) in [5.74, 6) is 0.215. The number of nitrogens with zero attached hydrogens (tertiary/aromatic N) is 1. The lowest BCUT2D eigenvalue weighted by Crippen LogP contribution is -1.81. The van der Waals surface area contributed by atoms with Crippen LogP contribution in [0.3, 0.4) is 0 Å². The van der Waals surface area contributed by atoms with E-state index in [9.17, 15) is 4.39 Å². The van der Waals surface area contributed by atoms with Gasteiger partial charge in [0.1, 0.15) is 11.6 Å². The second-order valence-corrected chi connectivity index (χ2v) is 3.13. The van der Waals surface area contributed by atoms with Crippen LogP contribution in [0.15, 0.2) is 30.3 Å². The Morgan fingerprint density at radius 2 is 1.93 bits per heavy atom. The highest BCUT2D eigenvalue weighted by molar-refractivity contribution is 5.68. The molecule has 0 saturated heterocycles. The number of nitrogens with one attached hydrogen (secondary N) is 1. The van der Waals surface area contributed by atoms with Gasteiger partial charge in [0, 0.05) is 6.07 Å². The van der Waals surface area contributed by atoms with Gasteiger partial charge >= 0.3 is 0 Å². The van der Waals surface area contributed by atoms with Crippen molar-refractivity contribution in [3.05, 3.63) is 47.4 Å². The Morgan fingerprint density at radius 1 is 1.20 bits per heavy atom. The Morgan fingerprint density at radius 3 is 2.53 bits per heavy atom. The molecule has 0 aliphatic carbocycles. The third kappa shape index (κ3) is 2.43. The number of aromatic nitrogens is 2. The number of nitrogen functional groups attached to an aromatic ring is 1. The molecule has 1 aromatic heterocycles. The zero-order valence-corrected chi connectivity index (χ0v) is 7.94. The molecule has 0 unspecified atom stereocenters. The third-order valence-corrected chi connectivity index (χ3v) is 1.94. The van der Waals surface area contributed by atoms with Crippen LogP contribution in [-0.2, 0) is 0 Å². The molecule has 3 N–H and O–H groups in total. The van der Waals surface area contributed by atoms with Crippen LogP contribution in [0.1, 0.15) is 11.3 Å². The van der Waals surface area contributed by atoms with E-state index in [1.54, 1.807) is 18.2 Å². The number of hydrogen-bond donors (Lipinski definition) is 2. The van der Waals surface area contributed by atoms with Crippen LogP contribution in [0.25, 0.3) is 12.2 Å². The highest BCUT2D eigenvalue weighted by Gasteiger charge is 1.92. The maximum atomic E-state index is 12.6. The van der Waals surface area contributed by atoms with Gasteiger partial charge in [0.05, 0.1) is 5.69 Å². The molecule has 0 aliphatic rings. The Hall–Kier alpha value is -2.10. The number of H-pyrrole nitrogens is 1. The quantitative estimate of drug-likeness (QED) is 0.786. The Labute approximate surface area is 86.4 Å². The first-order valence-electron chi connectivity index (χ1n) is 4.48. The SMILES string of the molecule is Nc1cc(/C=C/c2ccc(F)cc2)[nH]n1. The average Bonchev–Trinajstić information content (AvgIpc) is 2.64. The van der Waals surface area contributed by atoms with E-state index in [1.165, 1.54) is 12.1 Å². The minimum atomic E-state index is -0.238. The zero-order valence-electron chi connectivity index (χ0n) is 7.94. The molecule has 0 aliphatic heterocycles. The van der Waals surface area contributed by atoms with Gasteiger partial charge in [-0.1, -0.05) is 18.2 Å². The highest BCUT2D eigenvalue weighted by atomic mass is 19.1. The molecular formula is C11H10FN3. The summed E-state index contributed by atoms with van der Waals surface area (Å²) in [4.78, 5) is 0. The Kier molecular flexibility index (Phi) is 2.49. The number of nitrogens with two attached hydrogens (primary N) is 1. The van der Waals surface area contributed by atoms with Crippen molar-refractivity contribution >= 4 is 18.0 Å². The summed E-state index contributed by atoms with van der Waals surface area (Å²) in [6.45, 7) is 0. The van der Waals surface area contributed by atoms with Crippen LogP contribution in [-0.4, -0.2) is 10.2 Å². The lowest BCUT2D eigenvalue weighted by molar-refractivity contribution is 0.628. The van der Waals surface area contributed by atoms with Crippen LogP contribution >= 0.6 is 0 Å². The fourth-order valence-corrected chi connectivity index (χ4v) is 1.20. The molecule has 3 nitrogen and oxygen atoms in total. The number of aromatic amines is 1. The first-order chi connectivity index (χ1) is 7.24. The summed E-state index contributed by atoms with van der Waals surface area (Å²) < 4.78 is 12.6. The third-order valence-electron chi connectivity index (χ3n) is 1.94. The summed E-state index contributed by atoms with van der Waals surface area (Å²) in [6, 6.07) is 7.96.